The van der Waals surface area contributed by atoms with Gasteiger partial charge in [0, 0.05) is 0 Å². The van der Waals surface area contributed by atoms with Crippen LogP contribution >= 0.6 is 0 Å². The number of halogens is 12. The van der Waals surface area contributed by atoms with E-state index in [0.29, 0.717) is 0 Å². The van der Waals surface area contributed by atoms with Crippen LogP contribution in [0.4, 0.5) is 52.7 Å². The first kappa shape index (κ1) is 38.7. The van der Waals surface area contributed by atoms with Gasteiger partial charge in [0.2, 0.25) is 0 Å². The van der Waals surface area contributed by atoms with Gasteiger partial charge in [0.1, 0.15) is 0 Å². The number of nitrogens with zero attached hydrogens (tertiary/aromatic N) is 2. The molecule has 2 aromatic rings. The standard InChI is InChI=1S/2C14H9F6NO2.Cu/c2*1-6(22)12(7(2)23)8-3-10(13(15,16)17)9(5-21)11(4-8)14(18,19)20;/h2*3-4,22H,1-2H3;/q;;+2/p-2/b2*12-6+;. The molecule has 47 heavy (non-hydrogen) atoms. The summed E-state index contributed by atoms with van der Waals surface area (Å²) in [5.74, 6) is -3.67. The first-order valence-corrected chi connectivity index (χ1v) is 12.9. The molecule has 2 aromatic carbocycles. The maximum atomic E-state index is 13.6. The van der Waals surface area contributed by atoms with E-state index >= 15 is 0 Å². The number of benzene rings is 2. The summed E-state index contributed by atoms with van der Waals surface area (Å²) in [4.78, 5) is 24.7. The van der Waals surface area contributed by atoms with Crippen molar-refractivity contribution in [1.82, 2.24) is 0 Å². The second-order valence-electron chi connectivity index (χ2n) is 9.26. The number of nitriles is 2. The van der Waals surface area contributed by atoms with Crippen LogP contribution in [0.25, 0.3) is 11.1 Å². The van der Waals surface area contributed by atoms with Gasteiger partial charge in [-0.05, 0) is 0 Å². The van der Waals surface area contributed by atoms with Gasteiger partial charge in [-0.2, -0.15) is 0 Å². The van der Waals surface area contributed by atoms with E-state index in [-0.39, 0.29) is 39.9 Å². The summed E-state index contributed by atoms with van der Waals surface area (Å²) in [5.41, 5.74) is -15.3. The molecule has 0 spiro atoms. The van der Waals surface area contributed by atoms with Crippen LogP contribution < -0.4 is 0 Å². The third-order valence-electron chi connectivity index (χ3n) is 5.94. The molecule has 0 unspecified atom stereocenters. The Hall–Kier alpha value is -4.48. The summed E-state index contributed by atoms with van der Waals surface area (Å²) in [6.45, 7) is 3.26. The van der Waals surface area contributed by atoms with E-state index in [4.69, 9.17) is 18.2 Å². The summed E-state index contributed by atoms with van der Waals surface area (Å²) in [5, 5.41) is 18.0. The molecule has 0 fully saturated rings. The summed E-state index contributed by atoms with van der Waals surface area (Å²) in [7, 11) is 0. The Morgan fingerprint density at radius 1 is 0.553 bits per heavy atom. The molecule has 0 bridgehead atoms. The van der Waals surface area contributed by atoms with Crippen molar-refractivity contribution in [1.29, 1.82) is 10.5 Å². The fraction of sp³-hybridized carbons (Fsp3) is 0.286. The van der Waals surface area contributed by atoms with Gasteiger partial charge in [-0.1, -0.05) is 0 Å². The molecule has 0 aromatic heterocycles. The molecular weight excluding hydrogens is 720 g/mol. The minimum absolute atomic E-state index is 0.0958. The summed E-state index contributed by atoms with van der Waals surface area (Å²) in [6, 6.07) is 2.08. The Kier molecular flexibility index (Phi) is 11.3. The Morgan fingerprint density at radius 2 is 0.787 bits per heavy atom. The fourth-order valence-corrected chi connectivity index (χ4v) is 4.63. The van der Waals surface area contributed by atoms with E-state index in [9.17, 15) is 62.3 Å². The molecule has 0 radical (unpaired) electrons. The van der Waals surface area contributed by atoms with Crippen LogP contribution in [0.15, 0.2) is 35.8 Å². The number of carbonyl (C=O) groups is 2. The van der Waals surface area contributed by atoms with Gasteiger partial charge >= 0.3 is 264 Å². The zero-order valence-corrected chi connectivity index (χ0v) is 24.6. The number of carbonyl (C=O) groups excluding carboxylic acids is 2. The predicted octanol–water partition coefficient (Wildman–Crippen LogP) is 8.79. The molecule has 0 saturated heterocycles. The maximum absolute atomic E-state index is 13.6. The van der Waals surface area contributed by atoms with E-state index in [1.54, 1.807) is 0 Å². The minimum atomic E-state index is -5.48. The first-order valence-electron chi connectivity index (χ1n) is 12.1. The van der Waals surface area contributed by atoms with Crippen LogP contribution in [-0.4, -0.2) is 11.6 Å². The quantitative estimate of drug-likeness (QED) is 0.116. The molecule has 0 amide bonds. The number of allylic oxidation sites excluding steroid dienone is 4. The Morgan fingerprint density at radius 3 is 0.957 bits per heavy atom. The average Bonchev–Trinajstić information content (AvgIpc) is 2.89. The predicted molar refractivity (Wildman–Crippen MR) is 131 cm³/mol. The number of hydrogen-bond acceptors (Lipinski definition) is 6. The second kappa shape index (κ2) is 13.7. The van der Waals surface area contributed by atoms with Crippen molar-refractivity contribution in [3.63, 3.8) is 0 Å². The summed E-state index contributed by atoms with van der Waals surface area (Å²) in [6.07, 6.45) is -21.9. The van der Waals surface area contributed by atoms with Crippen molar-refractivity contribution < 1.29 is 85.5 Å². The van der Waals surface area contributed by atoms with Crippen LogP contribution in [-0.2, 0) is 57.5 Å². The van der Waals surface area contributed by atoms with E-state index in [1.807, 2.05) is 0 Å². The van der Waals surface area contributed by atoms with Gasteiger partial charge in [-0.25, -0.2) is 0 Å². The van der Waals surface area contributed by atoms with Gasteiger partial charge in [-0.15, -0.1) is 0 Å². The van der Waals surface area contributed by atoms with E-state index in [2.05, 4.69) is 0 Å². The fourth-order valence-electron chi connectivity index (χ4n) is 4.17. The van der Waals surface area contributed by atoms with Crippen LogP contribution in [0.2, 0.25) is 0 Å². The third kappa shape index (κ3) is 8.87. The molecule has 257 valence electrons. The van der Waals surface area contributed by atoms with Gasteiger partial charge in [0.15, 0.2) is 0 Å². The number of rotatable bonds is 8. The number of ketones is 2. The molecule has 2 rings (SSSR count). The average molecular weight is 736 g/mol. The van der Waals surface area contributed by atoms with Crippen LogP contribution in [0, 0.1) is 22.7 Å². The van der Waals surface area contributed by atoms with Crippen molar-refractivity contribution in [2.75, 3.05) is 0 Å². The zero-order chi connectivity index (χ0) is 36.4. The monoisotopic (exact) mass is 735 g/mol. The third-order valence-corrected chi connectivity index (χ3v) is 6.68. The number of Topliss-reactive ketones (excluding diaryl/α,β-unsaturated/α-hetero) is 2. The summed E-state index contributed by atoms with van der Waals surface area (Å²) < 4.78 is 173. The molecule has 0 aliphatic rings. The number of alkyl halides is 12. The van der Waals surface area contributed by atoms with Gasteiger partial charge < -0.3 is 0 Å². The van der Waals surface area contributed by atoms with Crippen molar-refractivity contribution in [2.24, 2.45) is 0 Å². The zero-order valence-electron chi connectivity index (χ0n) is 23.7. The number of hydrogen-bond donors (Lipinski definition) is 0. The van der Waals surface area contributed by atoms with Crippen LogP contribution in [0.3, 0.4) is 0 Å². The van der Waals surface area contributed by atoms with Gasteiger partial charge in [-0.3, -0.25) is 0 Å². The van der Waals surface area contributed by atoms with Crippen molar-refractivity contribution >= 4 is 22.7 Å². The molecule has 0 saturated carbocycles. The molecule has 0 aliphatic carbocycles. The molecule has 0 heterocycles. The second-order valence-corrected chi connectivity index (χ2v) is 9.80. The molecular formula is C28H16CuF12N2O4. The van der Waals surface area contributed by atoms with E-state index in [1.165, 1.54) is 0 Å². The van der Waals surface area contributed by atoms with Crippen molar-refractivity contribution in [2.45, 2.75) is 52.4 Å². The molecule has 0 atom stereocenters. The summed E-state index contributed by atoms with van der Waals surface area (Å²) >= 11 is -0.0958. The topological polar surface area (TPSA) is 100 Å². The van der Waals surface area contributed by atoms with Crippen LogP contribution in [0.5, 0.6) is 0 Å². The molecule has 6 nitrogen and oxygen atoms in total. The first-order chi connectivity index (χ1) is 21.3. The van der Waals surface area contributed by atoms with Gasteiger partial charge in [0.05, 0.1) is 0 Å². The molecule has 0 N–H and O–H groups in total. The Bertz CT molecular complexity index is 1560. The van der Waals surface area contributed by atoms with Gasteiger partial charge in [0.25, 0.3) is 0 Å². The van der Waals surface area contributed by atoms with E-state index < -0.39 is 103 Å². The van der Waals surface area contributed by atoms with Crippen molar-refractivity contribution in [3.05, 3.63) is 80.3 Å². The molecule has 19 heteroatoms. The van der Waals surface area contributed by atoms with Crippen LogP contribution in [0.1, 0.15) is 72.2 Å². The Labute approximate surface area is 263 Å². The van der Waals surface area contributed by atoms with E-state index in [0.717, 1.165) is 39.8 Å². The Balaban J connectivity index is 2.68. The SMILES string of the molecule is CC(=O)/C(=C(/C)[O][Cu][O]/C(C)=C(\C(C)=O)c1cc(C(F)(F)F)c(C#N)c(C(F)(F)F)c1)c1cc(C(F)(F)F)c(C#N)c(C(F)(F)F)c1. The normalized spacial score (nSPS) is 13.7. The van der Waals surface area contributed by atoms with Crippen molar-refractivity contribution in [3.8, 4) is 12.1 Å². The molecule has 0 aliphatic heterocycles.